The summed E-state index contributed by atoms with van der Waals surface area (Å²) in [5.41, 5.74) is 9.09. The van der Waals surface area contributed by atoms with E-state index in [4.69, 9.17) is 18.0 Å². The molecule has 2 aromatic carbocycles. The van der Waals surface area contributed by atoms with Crippen LogP contribution < -0.4 is 5.73 Å². The van der Waals surface area contributed by atoms with Gasteiger partial charge in [0, 0.05) is 11.8 Å². The number of rotatable bonds is 5. The van der Waals surface area contributed by atoms with Gasteiger partial charge in [0.2, 0.25) is 0 Å². The highest BCUT2D eigenvalue weighted by molar-refractivity contribution is 7.92. The fraction of sp³-hybridized carbons (Fsp3) is 0.316. The van der Waals surface area contributed by atoms with Crippen LogP contribution in [0.5, 0.6) is 0 Å². The second-order valence-electron chi connectivity index (χ2n) is 6.37. The highest BCUT2D eigenvalue weighted by Crippen LogP contribution is 2.54. The van der Waals surface area contributed by atoms with E-state index < -0.39 is 15.1 Å². The Morgan fingerprint density at radius 2 is 1.67 bits per heavy atom. The molecule has 3 rings (SSSR count). The molecule has 0 spiro atoms. The number of hydrogen-bond donors (Lipinski definition) is 1. The summed E-state index contributed by atoms with van der Waals surface area (Å²) in [6, 6.07) is 15.0. The Morgan fingerprint density at radius 3 is 2.17 bits per heavy atom. The highest BCUT2D eigenvalue weighted by atomic mass is 32.2. The van der Waals surface area contributed by atoms with E-state index >= 15 is 0 Å². The summed E-state index contributed by atoms with van der Waals surface area (Å²) in [6.07, 6.45) is 0.953. The van der Waals surface area contributed by atoms with Crippen molar-refractivity contribution in [3.8, 4) is 0 Å². The van der Waals surface area contributed by atoms with Crippen LogP contribution in [0.15, 0.2) is 53.4 Å². The fourth-order valence-electron chi connectivity index (χ4n) is 3.27. The third-order valence-corrected chi connectivity index (χ3v) is 7.27. The Bertz CT molecular complexity index is 855. The van der Waals surface area contributed by atoms with Gasteiger partial charge in [-0.05, 0) is 36.6 Å². The van der Waals surface area contributed by atoms with Gasteiger partial charge < -0.3 is 5.73 Å². The maximum absolute atomic E-state index is 13.0. The van der Waals surface area contributed by atoms with Crippen molar-refractivity contribution in [3.05, 3.63) is 65.2 Å². The molecule has 0 amide bonds. The Morgan fingerprint density at radius 1 is 1.08 bits per heavy atom. The highest BCUT2D eigenvalue weighted by Gasteiger charge is 2.60. The molecule has 0 radical (unpaired) electrons. The summed E-state index contributed by atoms with van der Waals surface area (Å²) in [6.45, 7) is 4.03. The van der Waals surface area contributed by atoms with E-state index in [1.165, 1.54) is 5.56 Å². The average molecular weight is 360 g/mol. The average Bonchev–Trinajstić information content (AvgIpc) is 3.32. The Kier molecular flexibility index (Phi) is 4.49. The number of thiocarbonyl (C=S) groups is 1. The number of nitrogens with two attached hydrogens (primary N) is 1. The molecule has 1 aliphatic rings. The van der Waals surface area contributed by atoms with Crippen molar-refractivity contribution < 1.29 is 8.42 Å². The number of benzene rings is 2. The molecule has 0 heterocycles. The standard InChI is InChI=1S/C19H21NO2S2/c1-3-13-6-8-14(9-7-13)16-17(19(20)23)18(16)24(21,22)15-10-4-12(2)5-11-15/h4-11,16-18H,3H2,1-2H3,(H2,20,23). The van der Waals surface area contributed by atoms with Gasteiger partial charge in [-0.25, -0.2) is 8.42 Å². The molecule has 5 heteroatoms. The summed E-state index contributed by atoms with van der Waals surface area (Å²) in [5.74, 6) is -0.446. The maximum Gasteiger partial charge on any atom is 0.182 e. The first-order valence-corrected chi connectivity index (χ1v) is 10.0. The van der Waals surface area contributed by atoms with Crippen LogP contribution in [-0.4, -0.2) is 18.7 Å². The van der Waals surface area contributed by atoms with Crippen LogP contribution in [0, 0.1) is 12.8 Å². The van der Waals surface area contributed by atoms with E-state index in [0.717, 1.165) is 17.5 Å². The van der Waals surface area contributed by atoms with Gasteiger partial charge in [-0.3, -0.25) is 0 Å². The van der Waals surface area contributed by atoms with Gasteiger partial charge in [-0.2, -0.15) is 0 Å². The van der Waals surface area contributed by atoms with Crippen molar-refractivity contribution in [3.63, 3.8) is 0 Å². The van der Waals surface area contributed by atoms with Crippen molar-refractivity contribution in [1.82, 2.24) is 0 Å². The lowest BCUT2D eigenvalue weighted by Gasteiger charge is -2.05. The van der Waals surface area contributed by atoms with E-state index in [-0.39, 0.29) is 16.8 Å². The zero-order chi connectivity index (χ0) is 17.5. The molecule has 2 N–H and O–H groups in total. The lowest BCUT2D eigenvalue weighted by atomic mass is 10.1. The summed E-state index contributed by atoms with van der Waals surface area (Å²) < 4.78 is 26.0. The van der Waals surface area contributed by atoms with Gasteiger partial charge in [0.15, 0.2) is 9.84 Å². The van der Waals surface area contributed by atoms with Crippen molar-refractivity contribution in [1.29, 1.82) is 0 Å². The first-order chi connectivity index (χ1) is 11.4. The zero-order valence-electron chi connectivity index (χ0n) is 13.8. The van der Waals surface area contributed by atoms with Crippen LogP contribution in [0.2, 0.25) is 0 Å². The normalized spacial score (nSPS) is 23.0. The number of hydrogen-bond acceptors (Lipinski definition) is 3. The second kappa shape index (κ2) is 6.30. The van der Waals surface area contributed by atoms with Crippen molar-refractivity contribution >= 4 is 27.0 Å². The fourth-order valence-corrected chi connectivity index (χ4v) is 5.80. The van der Waals surface area contributed by atoms with Crippen molar-refractivity contribution in [2.75, 3.05) is 0 Å². The van der Waals surface area contributed by atoms with E-state index in [2.05, 4.69) is 6.92 Å². The van der Waals surface area contributed by atoms with Crippen LogP contribution >= 0.6 is 12.2 Å². The third kappa shape index (κ3) is 2.98. The van der Waals surface area contributed by atoms with Gasteiger partial charge in [0.05, 0.1) is 15.1 Å². The largest absolute Gasteiger partial charge is 0.393 e. The maximum atomic E-state index is 13.0. The summed E-state index contributed by atoms with van der Waals surface area (Å²) >= 11 is 5.14. The van der Waals surface area contributed by atoms with Gasteiger partial charge >= 0.3 is 0 Å². The number of aryl methyl sites for hydroxylation is 2. The Balaban J connectivity index is 1.96. The third-order valence-electron chi connectivity index (χ3n) is 4.76. The molecular weight excluding hydrogens is 338 g/mol. The first kappa shape index (κ1) is 17.1. The molecule has 3 nitrogen and oxygen atoms in total. The quantitative estimate of drug-likeness (QED) is 0.831. The lowest BCUT2D eigenvalue weighted by molar-refractivity contribution is 0.593. The van der Waals surface area contributed by atoms with E-state index in [9.17, 15) is 8.42 Å². The Labute approximate surface area is 148 Å². The van der Waals surface area contributed by atoms with Crippen LogP contribution in [-0.2, 0) is 16.3 Å². The summed E-state index contributed by atoms with van der Waals surface area (Å²) in [5, 5.41) is -0.565. The van der Waals surface area contributed by atoms with Crippen LogP contribution in [0.3, 0.4) is 0 Å². The second-order valence-corrected chi connectivity index (χ2v) is 8.95. The molecule has 3 unspecified atom stereocenters. The minimum atomic E-state index is -3.46. The molecule has 1 fully saturated rings. The minimum absolute atomic E-state index is 0.153. The predicted molar refractivity (Wildman–Crippen MR) is 101 cm³/mol. The zero-order valence-corrected chi connectivity index (χ0v) is 15.4. The minimum Gasteiger partial charge on any atom is -0.393 e. The Hall–Kier alpha value is -1.72. The molecule has 1 aliphatic carbocycles. The molecule has 2 aromatic rings. The molecule has 24 heavy (non-hydrogen) atoms. The molecular formula is C19H21NO2S2. The topological polar surface area (TPSA) is 60.2 Å². The molecule has 0 bridgehead atoms. The van der Waals surface area contributed by atoms with E-state index in [0.29, 0.717) is 4.90 Å². The molecule has 0 aliphatic heterocycles. The van der Waals surface area contributed by atoms with E-state index in [1.807, 2.05) is 43.3 Å². The van der Waals surface area contributed by atoms with Gasteiger partial charge in [-0.15, -0.1) is 0 Å². The van der Waals surface area contributed by atoms with Gasteiger partial charge in [0.25, 0.3) is 0 Å². The SMILES string of the molecule is CCc1ccc(C2C(C(N)=S)C2S(=O)(=O)c2ccc(C)cc2)cc1. The molecule has 0 saturated heterocycles. The number of sulfone groups is 1. The lowest BCUT2D eigenvalue weighted by Crippen LogP contribution is -2.17. The van der Waals surface area contributed by atoms with Crippen LogP contribution in [0.25, 0.3) is 0 Å². The van der Waals surface area contributed by atoms with Crippen molar-refractivity contribution in [2.24, 2.45) is 11.7 Å². The van der Waals surface area contributed by atoms with Crippen molar-refractivity contribution in [2.45, 2.75) is 36.3 Å². The molecule has 3 atom stereocenters. The predicted octanol–water partition coefficient (Wildman–Crippen LogP) is 3.40. The van der Waals surface area contributed by atoms with Crippen LogP contribution in [0.1, 0.15) is 29.5 Å². The van der Waals surface area contributed by atoms with Gasteiger partial charge in [-0.1, -0.05) is 61.1 Å². The summed E-state index contributed by atoms with van der Waals surface area (Å²) in [4.78, 5) is 0.618. The molecule has 126 valence electrons. The van der Waals surface area contributed by atoms with Crippen LogP contribution in [0.4, 0.5) is 0 Å². The summed E-state index contributed by atoms with van der Waals surface area (Å²) in [7, 11) is -3.46. The van der Waals surface area contributed by atoms with Gasteiger partial charge in [0.1, 0.15) is 0 Å². The molecule has 0 aromatic heterocycles. The smallest absolute Gasteiger partial charge is 0.182 e. The van der Waals surface area contributed by atoms with E-state index in [1.54, 1.807) is 12.1 Å². The molecule has 1 saturated carbocycles. The first-order valence-electron chi connectivity index (χ1n) is 8.05. The monoisotopic (exact) mass is 359 g/mol.